The van der Waals surface area contributed by atoms with E-state index in [2.05, 4.69) is 20.3 Å². The first-order valence-electron chi connectivity index (χ1n) is 9.44. The summed E-state index contributed by atoms with van der Waals surface area (Å²) in [6.07, 6.45) is 10.9. The maximum absolute atomic E-state index is 12.2. The molecule has 0 bridgehead atoms. The Balaban J connectivity index is 1.31. The highest BCUT2D eigenvalue weighted by molar-refractivity contribution is 5.88. The van der Waals surface area contributed by atoms with Gasteiger partial charge in [0.05, 0.1) is 6.04 Å². The Morgan fingerprint density at radius 3 is 2.76 bits per heavy atom. The quantitative estimate of drug-likeness (QED) is 0.633. The highest BCUT2D eigenvalue weighted by Crippen LogP contribution is 2.20. The highest BCUT2D eigenvalue weighted by atomic mass is 16.2. The van der Waals surface area contributed by atoms with Gasteiger partial charge in [0.25, 0.3) is 5.56 Å². The topological polar surface area (TPSA) is 91.0 Å². The van der Waals surface area contributed by atoms with E-state index in [1.807, 2.05) is 42.5 Å². The summed E-state index contributed by atoms with van der Waals surface area (Å²) < 4.78 is 0. The molecule has 2 N–H and O–H groups in total. The fourth-order valence-electron chi connectivity index (χ4n) is 3.18. The van der Waals surface area contributed by atoms with Crippen LogP contribution in [0.5, 0.6) is 0 Å². The molecule has 1 saturated heterocycles. The van der Waals surface area contributed by atoms with Gasteiger partial charge in [0.2, 0.25) is 5.91 Å². The van der Waals surface area contributed by atoms with Crippen LogP contribution < -0.4 is 10.9 Å². The molecular formula is C22H21N5O2. The lowest BCUT2D eigenvalue weighted by Gasteiger charge is -2.39. The summed E-state index contributed by atoms with van der Waals surface area (Å²) in [5.41, 5.74) is 3.12. The van der Waals surface area contributed by atoms with E-state index in [-0.39, 0.29) is 17.5 Å². The molecule has 0 unspecified atom stereocenters. The highest BCUT2D eigenvalue weighted by Gasteiger charge is 2.29. The molecule has 0 aromatic carbocycles. The lowest BCUT2D eigenvalue weighted by Crippen LogP contribution is -2.57. The summed E-state index contributed by atoms with van der Waals surface area (Å²) in [4.78, 5) is 37.1. The zero-order valence-corrected chi connectivity index (χ0v) is 15.8. The van der Waals surface area contributed by atoms with Gasteiger partial charge in [0, 0.05) is 55.6 Å². The first-order chi connectivity index (χ1) is 14.2. The lowest BCUT2D eigenvalue weighted by molar-refractivity contribution is -0.129. The van der Waals surface area contributed by atoms with E-state index in [0.717, 1.165) is 16.8 Å². The molecule has 1 amide bonds. The van der Waals surface area contributed by atoms with Crippen molar-refractivity contribution in [3.05, 3.63) is 89.4 Å². The summed E-state index contributed by atoms with van der Waals surface area (Å²) >= 11 is 0. The normalized spacial score (nSPS) is 14.0. The number of nitrogens with one attached hydrogen (secondary N) is 2. The van der Waals surface area contributed by atoms with Gasteiger partial charge in [0.15, 0.2) is 0 Å². The number of aromatic nitrogens is 3. The predicted octanol–water partition coefficient (Wildman–Crippen LogP) is 2.25. The molecule has 0 spiro atoms. The molecule has 4 rings (SSSR count). The van der Waals surface area contributed by atoms with Crippen molar-refractivity contribution in [2.24, 2.45) is 0 Å². The molecule has 0 atom stereocenters. The molecular weight excluding hydrogens is 366 g/mol. The fourth-order valence-corrected chi connectivity index (χ4v) is 3.18. The van der Waals surface area contributed by atoms with Crippen LogP contribution in [0.2, 0.25) is 0 Å². The van der Waals surface area contributed by atoms with Crippen LogP contribution in [0.4, 0.5) is 5.69 Å². The fraction of sp³-hybridized carbons (Fsp3) is 0.182. The van der Waals surface area contributed by atoms with Crippen LogP contribution in [0.1, 0.15) is 5.69 Å². The van der Waals surface area contributed by atoms with E-state index >= 15 is 0 Å². The number of nitrogens with zero attached hydrogens (tertiary/aromatic N) is 3. The Morgan fingerprint density at radius 2 is 2.00 bits per heavy atom. The average molecular weight is 387 g/mol. The Hall–Kier alpha value is -3.74. The van der Waals surface area contributed by atoms with Gasteiger partial charge in [-0.3, -0.25) is 19.6 Å². The van der Waals surface area contributed by atoms with Gasteiger partial charge in [-0.05, 0) is 42.0 Å². The van der Waals surface area contributed by atoms with Crippen LogP contribution in [0, 0.1) is 0 Å². The molecule has 7 heteroatoms. The maximum Gasteiger partial charge on any atom is 0.271 e. The zero-order chi connectivity index (χ0) is 20.1. The summed E-state index contributed by atoms with van der Waals surface area (Å²) in [7, 11) is 0. The van der Waals surface area contributed by atoms with Crippen LogP contribution in [0.3, 0.4) is 0 Å². The number of carbonyl (C=O) groups is 1. The van der Waals surface area contributed by atoms with Crippen LogP contribution in [-0.4, -0.2) is 44.9 Å². The van der Waals surface area contributed by atoms with Crippen molar-refractivity contribution in [1.29, 1.82) is 0 Å². The minimum absolute atomic E-state index is 0.0292. The van der Waals surface area contributed by atoms with E-state index < -0.39 is 0 Å². The Bertz CT molecular complexity index is 1060. The van der Waals surface area contributed by atoms with Crippen molar-refractivity contribution >= 4 is 11.6 Å². The molecule has 0 aliphatic carbocycles. The summed E-state index contributed by atoms with van der Waals surface area (Å²) in [5, 5.41) is 3.24. The largest absolute Gasteiger partial charge is 0.374 e. The van der Waals surface area contributed by atoms with E-state index in [4.69, 9.17) is 0 Å². The third-order valence-corrected chi connectivity index (χ3v) is 4.78. The molecule has 1 aliphatic rings. The van der Waals surface area contributed by atoms with Crippen molar-refractivity contribution in [3.8, 4) is 11.1 Å². The Labute approximate surface area is 168 Å². The molecule has 3 aromatic rings. The summed E-state index contributed by atoms with van der Waals surface area (Å²) in [5.74, 6) is -0.0292. The molecule has 29 heavy (non-hydrogen) atoms. The second kappa shape index (κ2) is 8.52. The summed E-state index contributed by atoms with van der Waals surface area (Å²) in [6.45, 7) is 1.12. The van der Waals surface area contributed by atoms with Crippen molar-refractivity contribution < 1.29 is 4.79 Å². The molecule has 4 heterocycles. The minimum atomic E-state index is -0.178. The van der Waals surface area contributed by atoms with Gasteiger partial charge in [0.1, 0.15) is 5.69 Å². The number of amides is 1. The van der Waals surface area contributed by atoms with E-state index in [0.29, 0.717) is 25.2 Å². The predicted molar refractivity (Wildman–Crippen MR) is 111 cm³/mol. The molecule has 1 fully saturated rings. The van der Waals surface area contributed by atoms with E-state index in [9.17, 15) is 9.59 Å². The molecule has 1 aliphatic heterocycles. The van der Waals surface area contributed by atoms with Crippen LogP contribution in [0.25, 0.3) is 11.1 Å². The van der Waals surface area contributed by atoms with Crippen molar-refractivity contribution in [2.75, 3.05) is 18.4 Å². The van der Waals surface area contributed by atoms with Crippen LogP contribution >= 0.6 is 0 Å². The van der Waals surface area contributed by atoms with Gasteiger partial charge < -0.3 is 15.2 Å². The van der Waals surface area contributed by atoms with Crippen molar-refractivity contribution in [2.45, 2.75) is 12.5 Å². The monoisotopic (exact) mass is 387 g/mol. The number of anilines is 1. The van der Waals surface area contributed by atoms with E-state index in [1.54, 1.807) is 35.8 Å². The first kappa shape index (κ1) is 18.6. The number of allylic oxidation sites excluding steroid dienone is 1. The standard InChI is InChI=1S/C22H21N5O2/c28-21(6-3-5-18-4-1-2-9-24-18)27-14-19(15-27)26-20-12-17(13-25-22(20)29)16-7-10-23-11-8-16/h1-4,6-13,19,26H,5,14-15H2,(H,25,29)/b6-3+. The molecule has 0 radical (unpaired) electrons. The number of hydrogen-bond acceptors (Lipinski definition) is 5. The van der Waals surface area contributed by atoms with Gasteiger partial charge in [-0.15, -0.1) is 0 Å². The Morgan fingerprint density at radius 1 is 1.17 bits per heavy atom. The van der Waals surface area contributed by atoms with Gasteiger partial charge in [-0.25, -0.2) is 0 Å². The molecule has 3 aromatic heterocycles. The number of likely N-dealkylation sites (tertiary alicyclic amines) is 1. The minimum Gasteiger partial charge on any atom is -0.374 e. The van der Waals surface area contributed by atoms with E-state index in [1.165, 1.54) is 0 Å². The van der Waals surface area contributed by atoms with Gasteiger partial charge in [-0.2, -0.15) is 0 Å². The number of hydrogen-bond donors (Lipinski definition) is 2. The van der Waals surface area contributed by atoms with Crippen molar-refractivity contribution in [3.63, 3.8) is 0 Å². The number of pyridine rings is 3. The van der Waals surface area contributed by atoms with Crippen LogP contribution in [0.15, 0.2) is 78.1 Å². The van der Waals surface area contributed by atoms with Gasteiger partial charge >= 0.3 is 0 Å². The third-order valence-electron chi connectivity index (χ3n) is 4.78. The maximum atomic E-state index is 12.2. The number of carbonyl (C=O) groups excluding carboxylic acids is 1. The SMILES string of the molecule is O=C(/C=C/Cc1ccccn1)N1CC(Nc2cc(-c3ccncc3)c[nH]c2=O)C1. The second-order valence-corrected chi connectivity index (χ2v) is 6.88. The number of H-pyrrole nitrogens is 1. The zero-order valence-electron chi connectivity index (χ0n) is 15.8. The smallest absolute Gasteiger partial charge is 0.271 e. The number of aromatic amines is 1. The van der Waals surface area contributed by atoms with Gasteiger partial charge in [-0.1, -0.05) is 12.1 Å². The lowest BCUT2D eigenvalue weighted by atomic mass is 10.1. The Kier molecular flexibility index (Phi) is 5.47. The third kappa shape index (κ3) is 4.57. The average Bonchev–Trinajstić information content (AvgIpc) is 2.73. The van der Waals surface area contributed by atoms with Crippen LogP contribution in [-0.2, 0) is 11.2 Å². The summed E-state index contributed by atoms with van der Waals surface area (Å²) in [6, 6.07) is 11.4. The second-order valence-electron chi connectivity index (χ2n) is 6.88. The molecule has 0 saturated carbocycles. The molecule has 7 nitrogen and oxygen atoms in total. The number of rotatable bonds is 6. The van der Waals surface area contributed by atoms with Crippen molar-refractivity contribution in [1.82, 2.24) is 19.9 Å². The molecule has 146 valence electrons. The first-order valence-corrected chi connectivity index (χ1v) is 9.44.